The quantitative estimate of drug-likeness (QED) is 0.468. The summed E-state index contributed by atoms with van der Waals surface area (Å²) in [5.41, 5.74) is 2.22. The number of aryl methyl sites for hydroxylation is 1. The van der Waals surface area contributed by atoms with Crippen molar-refractivity contribution in [3.8, 4) is 17.1 Å². The van der Waals surface area contributed by atoms with E-state index in [1.54, 1.807) is 18.2 Å². The van der Waals surface area contributed by atoms with Crippen LogP contribution in [0.4, 0.5) is 0 Å². The number of thioether (sulfide) groups is 1. The Morgan fingerprint density at radius 1 is 1.08 bits per heavy atom. The van der Waals surface area contributed by atoms with Crippen LogP contribution in [0.15, 0.2) is 47.6 Å². The average Bonchev–Trinajstić information content (AvgIpc) is 3.03. The molecule has 0 aliphatic carbocycles. The number of nitrogens with one attached hydrogen (secondary N) is 1. The van der Waals surface area contributed by atoms with Crippen LogP contribution in [0.25, 0.3) is 11.4 Å². The van der Waals surface area contributed by atoms with Crippen LogP contribution in [0.2, 0.25) is 10.0 Å². The third-order valence-corrected chi connectivity index (χ3v) is 4.68. The van der Waals surface area contributed by atoms with E-state index in [2.05, 4.69) is 22.1 Å². The van der Waals surface area contributed by atoms with E-state index >= 15 is 0 Å². The second-order valence-electron chi connectivity index (χ2n) is 5.08. The van der Waals surface area contributed by atoms with Crippen molar-refractivity contribution in [3.05, 3.63) is 58.1 Å². The monoisotopic (exact) mass is 379 g/mol. The van der Waals surface area contributed by atoms with Gasteiger partial charge in [0, 0.05) is 11.3 Å². The Labute approximate surface area is 154 Å². The molecule has 0 aliphatic heterocycles. The molecule has 24 heavy (non-hydrogen) atoms. The SMILES string of the molecule is Cc1ccc(-c2nc(SCCOc3c(Cl)cccc3Cl)n[nH]2)cc1. The smallest absolute Gasteiger partial charge is 0.208 e. The Kier molecular flexibility index (Phi) is 5.66. The molecule has 0 amide bonds. The maximum absolute atomic E-state index is 6.06. The molecule has 0 saturated heterocycles. The summed E-state index contributed by atoms with van der Waals surface area (Å²) < 4.78 is 5.64. The van der Waals surface area contributed by atoms with Crippen molar-refractivity contribution in [1.82, 2.24) is 15.2 Å². The highest BCUT2D eigenvalue weighted by molar-refractivity contribution is 7.99. The zero-order valence-electron chi connectivity index (χ0n) is 12.9. The van der Waals surface area contributed by atoms with Crippen LogP contribution in [-0.4, -0.2) is 27.5 Å². The van der Waals surface area contributed by atoms with Gasteiger partial charge in [-0.25, -0.2) is 4.98 Å². The van der Waals surface area contributed by atoms with Crippen LogP contribution in [0.5, 0.6) is 5.75 Å². The van der Waals surface area contributed by atoms with Crippen molar-refractivity contribution >= 4 is 35.0 Å². The second kappa shape index (κ2) is 7.92. The van der Waals surface area contributed by atoms with E-state index in [0.29, 0.717) is 33.3 Å². The maximum Gasteiger partial charge on any atom is 0.208 e. The highest BCUT2D eigenvalue weighted by Gasteiger charge is 2.08. The van der Waals surface area contributed by atoms with Crippen molar-refractivity contribution in [1.29, 1.82) is 0 Å². The highest BCUT2D eigenvalue weighted by atomic mass is 35.5. The number of ether oxygens (including phenoxy) is 1. The van der Waals surface area contributed by atoms with Crippen LogP contribution in [-0.2, 0) is 0 Å². The highest BCUT2D eigenvalue weighted by Crippen LogP contribution is 2.32. The number of benzene rings is 2. The summed E-state index contributed by atoms with van der Waals surface area (Å²) in [5.74, 6) is 1.96. The molecule has 3 rings (SSSR count). The zero-order valence-corrected chi connectivity index (χ0v) is 15.3. The molecule has 1 heterocycles. The minimum absolute atomic E-state index is 0.461. The van der Waals surface area contributed by atoms with Crippen LogP contribution < -0.4 is 4.74 Å². The number of hydrogen-bond acceptors (Lipinski definition) is 4. The van der Waals surface area contributed by atoms with Crippen LogP contribution >= 0.6 is 35.0 Å². The number of nitrogens with zero attached hydrogens (tertiary/aromatic N) is 2. The molecule has 0 aliphatic rings. The first-order valence-corrected chi connectivity index (χ1v) is 9.06. The Bertz CT molecular complexity index is 801. The van der Waals surface area contributed by atoms with Gasteiger partial charge in [-0.3, -0.25) is 5.10 Å². The predicted octanol–water partition coefficient (Wildman–Crippen LogP) is 5.26. The maximum atomic E-state index is 6.06. The van der Waals surface area contributed by atoms with Crippen LogP contribution in [0.3, 0.4) is 0 Å². The Morgan fingerprint density at radius 2 is 1.79 bits per heavy atom. The molecule has 0 radical (unpaired) electrons. The molecular weight excluding hydrogens is 365 g/mol. The van der Waals surface area contributed by atoms with Gasteiger partial charge in [-0.1, -0.05) is 70.9 Å². The molecule has 0 bridgehead atoms. The average molecular weight is 380 g/mol. The third-order valence-electron chi connectivity index (χ3n) is 3.27. The lowest BCUT2D eigenvalue weighted by Crippen LogP contribution is -2.01. The summed E-state index contributed by atoms with van der Waals surface area (Å²) in [7, 11) is 0. The minimum atomic E-state index is 0.461. The van der Waals surface area contributed by atoms with Gasteiger partial charge in [0.05, 0.1) is 16.7 Å². The van der Waals surface area contributed by atoms with Crippen molar-refractivity contribution in [2.45, 2.75) is 12.1 Å². The van der Waals surface area contributed by atoms with E-state index in [1.165, 1.54) is 17.3 Å². The molecule has 7 heteroatoms. The molecule has 0 fully saturated rings. The van der Waals surface area contributed by atoms with Crippen molar-refractivity contribution in [2.24, 2.45) is 0 Å². The standard InChI is InChI=1S/C17H15Cl2N3OS/c1-11-5-7-12(8-6-11)16-20-17(22-21-16)24-10-9-23-15-13(18)3-2-4-14(15)19/h2-8H,9-10H2,1H3,(H,20,21,22). The molecule has 3 aromatic rings. The van der Waals surface area contributed by atoms with Crippen molar-refractivity contribution < 1.29 is 4.74 Å². The van der Waals surface area contributed by atoms with Gasteiger partial charge in [-0.15, -0.1) is 5.10 Å². The first kappa shape index (κ1) is 17.1. The molecule has 0 spiro atoms. The number of aromatic amines is 1. The minimum Gasteiger partial charge on any atom is -0.490 e. The number of halogens is 2. The van der Waals surface area contributed by atoms with Crippen molar-refractivity contribution in [3.63, 3.8) is 0 Å². The number of H-pyrrole nitrogens is 1. The van der Waals surface area contributed by atoms with Gasteiger partial charge < -0.3 is 4.74 Å². The molecule has 4 nitrogen and oxygen atoms in total. The Morgan fingerprint density at radius 3 is 2.50 bits per heavy atom. The first-order chi connectivity index (χ1) is 11.6. The van der Waals surface area contributed by atoms with E-state index in [-0.39, 0.29) is 0 Å². The number of hydrogen-bond donors (Lipinski definition) is 1. The lowest BCUT2D eigenvalue weighted by atomic mass is 10.1. The second-order valence-corrected chi connectivity index (χ2v) is 6.96. The van der Waals surface area contributed by atoms with E-state index in [0.717, 1.165) is 11.4 Å². The van der Waals surface area contributed by atoms with Gasteiger partial charge in [0.15, 0.2) is 11.6 Å². The molecule has 1 aromatic heterocycles. The fourth-order valence-corrected chi connectivity index (χ4v) is 3.17. The van der Waals surface area contributed by atoms with Gasteiger partial charge in [0.2, 0.25) is 5.16 Å². The Balaban J connectivity index is 1.53. The van der Waals surface area contributed by atoms with E-state index in [4.69, 9.17) is 27.9 Å². The molecule has 124 valence electrons. The fraction of sp³-hybridized carbons (Fsp3) is 0.176. The Hall–Kier alpha value is -1.69. The number of para-hydroxylation sites is 1. The van der Waals surface area contributed by atoms with Crippen molar-refractivity contribution in [2.75, 3.05) is 12.4 Å². The normalized spacial score (nSPS) is 10.8. The van der Waals surface area contributed by atoms with E-state index in [9.17, 15) is 0 Å². The van der Waals surface area contributed by atoms with Gasteiger partial charge in [0.1, 0.15) is 0 Å². The molecular formula is C17H15Cl2N3OS. The summed E-state index contributed by atoms with van der Waals surface area (Å²) in [6.07, 6.45) is 0. The third kappa shape index (κ3) is 4.23. The summed E-state index contributed by atoms with van der Waals surface area (Å²) in [6, 6.07) is 13.4. The lowest BCUT2D eigenvalue weighted by molar-refractivity contribution is 0.344. The zero-order chi connectivity index (χ0) is 16.9. The molecule has 2 aromatic carbocycles. The van der Waals surface area contributed by atoms with Gasteiger partial charge in [0.25, 0.3) is 0 Å². The topological polar surface area (TPSA) is 50.8 Å². The molecule has 0 unspecified atom stereocenters. The van der Waals surface area contributed by atoms with Crippen LogP contribution in [0, 0.1) is 6.92 Å². The molecule has 1 N–H and O–H groups in total. The summed E-state index contributed by atoms with van der Waals surface area (Å²) in [5, 5.41) is 8.86. The van der Waals surface area contributed by atoms with Gasteiger partial charge in [-0.05, 0) is 19.1 Å². The largest absolute Gasteiger partial charge is 0.490 e. The van der Waals surface area contributed by atoms with E-state index in [1.807, 2.05) is 24.3 Å². The first-order valence-electron chi connectivity index (χ1n) is 7.32. The summed E-state index contributed by atoms with van der Waals surface area (Å²) in [6.45, 7) is 2.51. The summed E-state index contributed by atoms with van der Waals surface area (Å²) >= 11 is 13.6. The number of rotatable bonds is 6. The molecule has 0 saturated carbocycles. The predicted molar refractivity (Wildman–Crippen MR) is 99.2 cm³/mol. The summed E-state index contributed by atoms with van der Waals surface area (Å²) in [4.78, 5) is 4.48. The molecule has 0 atom stereocenters. The van der Waals surface area contributed by atoms with Gasteiger partial charge in [-0.2, -0.15) is 0 Å². The number of aromatic nitrogens is 3. The fourth-order valence-electron chi connectivity index (χ4n) is 2.05. The van der Waals surface area contributed by atoms with Gasteiger partial charge >= 0.3 is 0 Å². The van der Waals surface area contributed by atoms with E-state index < -0.39 is 0 Å². The lowest BCUT2D eigenvalue weighted by Gasteiger charge is -2.08. The van der Waals surface area contributed by atoms with Crippen LogP contribution in [0.1, 0.15) is 5.56 Å².